The molecule has 5 heteroatoms. The zero-order valence-corrected chi connectivity index (χ0v) is 6.53. The van der Waals surface area contributed by atoms with Crippen molar-refractivity contribution >= 4 is 0 Å². The summed E-state index contributed by atoms with van der Waals surface area (Å²) >= 11 is 0. The van der Waals surface area contributed by atoms with Gasteiger partial charge in [0.25, 0.3) is 6.20 Å². The normalized spacial score (nSPS) is 10.2. The van der Waals surface area contributed by atoms with E-state index in [4.69, 9.17) is 0 Å². The maximum absolute atomic E-state index is 12.7. The highest BCUT2D eigenvalue weighted by Gasteiger charge is 2.10. The number of nitrogens with one attached hydrogen (secondary N) is 1. The fraction of sp³-hybridized carbons (Fsp3) is 0. The predicted octanol–water partition coefficient (Wildman–Crippen LogP) is 0.384. The van der Waals surface area contributed by atoms with Gasteiger partial charge in [0.1, 0.15) is 5.82 Å². The Bertz CT molecular complexity index is 475. The Morgan fingerprint density at radius 2 is 2.31 bits per heavy atom. The molecule has 0 aliphatic carbocycles. The summed E-state index contributed by atoms with van der Waals surface area (Å²) in [6, 6.07) is 5.80. The van der Waals surface area contributed by atoms with E-state index in [9.17, 15) is 9.18 Å². The molecule has 13 heavy (non-hydrogen) atoms. The van der Waals surface area contributed by atoms with Crippen LogP contribution in [0.2, 0.25) is 0 Å². The Labute approximate surface area is 72.2 Å². The van der Waals surface area contributed by atoms with Gasteiger partial charge in [-0.2, -0.15) is 0 Å². The average Bonchev–Trinajstić information content (AvgIpc) is 2.52. The molecule has 0 bridgehead atoms. The molecule has 2 rings (SSSR count). The minimum atomic E-state index is -0.510. The molecule has 1 N–H and O–H groups in total. The van der Waals surface area contributed by atoms with Crippen molar-refractivity contribution in [2.24, 2.45) is 0 Å². The lowest BCUT2D eigenvalue weighted by Crippen LogP contribution is -2.32. The van der Waals surface area contributed by atoms with Crippen molar-refractivity contribution < 1.29 is 13.6 Å². The summed E-state index contributed by atoms with van der Waals surface area (Å²) < 4.78 is 18.4. The van der Waals surface area contributed by atoms with Gasteiger partial charge in [-0.3, -0.25) is 4.52 Å². The number of hydrogen-bond acceptors (Lipinski definition) is 2. The number of hydrogen-bond donors (Lipinski definition) is 1. The van der Waals surface area contributed by atoms with Crippen LogP contribution in [0.4, 0.5) is 4.39 Å². The van der Waals surface area contributed by atoms with Crippen LogP contribution in [0.25, 0.3) is 5.69 Å². The number of benzene rings is 1. The van der Waals surface area contributed by atoms with Crippen LogP contribution in [-0.2, 0) is 0 Å². The van der Waals surface area contributed by atoms with E-state index in [0.717, 1.165) is 0 Å². The molecule has 0 amide bonds. The summed E-state index contributed by atoms with van der Waals surface area (Å²) in [6.45, 7) is 0. The average molecular weight is 181 g/mol. The molecular formula is C8H6FN2O2+. The molecule has 0 unspecified atom stereocenters. The Morgan fingerprint density at radius 3 is 2.92 bits per heavy atom. The second kappa shape index (κ2) is 2.85. The summed E-state index contributed by atoms with van der Waals surface area (Å²) in [4.78, 5) is 10.6. The molecule has 0 saturated heterocycles. The fourth-order valence-electron chi connectivity index (χ4n) is 1.01. The van der Waals surface area contributed by atoms with E-state index in [0.29, 0.717) is 5.69 Å². The molecule has 1 heterocycles. The third-order valence-electron chi connectivity index (χ3n) is 1.57. The van der Waals surface area contributed by atoms with Gasteiger partial charge >= 0.3 is 5.63 Å². The van der Waals surface area contributed by atoms with Crippen LogP contribution in [-0.4, -0.2) is 5.27 Å². The van der Waals surface area contributed by atoms with Gasteiger partial charge in [0, 0.05) is 12.1 Å². The number of nitrogens with zero attached hydrogens (tertiary/aromatic N) is 1. The molecule has 0 fully saturated rings. The number of H-pyrrole nitrogens is 1. The van der Waals surface area contributed by atoms with Gasteiger partial charge in [-0.15, -0.1) is 0 Å². The molecule has 0 aliphatic heterocycles. The third kappa shape index (κ3) is 1.48. The summed E-state index contributed by atoms with van der Waals surface area (Å²) in [7, 11) is 0. The first kappa shape index (κ1) is 7.72. The van der Waals surface area contributed by atoms with Crippen molar-refractivity contribution in [3.63, 3.8) is 0 Å². The zero-order valence-electron chi connectivity index (χ0n) is 6.53. The lowest BCUT2D eigenvalue weighted by atomic mass is 10.3. The van der Waals surface area contributed by atoms with Crippen LogP contribution >= 0.6 is 0 Å². The number of aromatic nitrogens is 2. The second-order valence-electron chi connectivity index (χ2n) is 2.49. The van der Waals surface area contributed by atoms with Crippen LogP contribution < -0.4 is 10.3 Å². The van der Waals surface area contributed by atoms with E-state index in [1.165, 1.54) is 23.0 Å². The number of rotatable bonds is 1. The molecule has 0 aliphatic rings. The van der Waals surface area contributed by atoms with Gasteiger partial charge < -0.3 is 0 Å². The van der Waals surface area contributed by atoms with Gasteiger partial charge in [0.2, 0.25) is 5.69 Å². The lowest BCUT2D eigenvalue weighted by molar-refractivity contribution is -0.670. The maximum Gasteiger partial charge on any atom is 0.427 e. The smallest absolute Gasteiger partial charge is 0.283 e. The second-order valence-corrected chi connectivity index (χ2v) is 2.49. The lowest BCUT2D eigenvalue weighted by Gasteiger charge is -1.87. The molecule has 1 aromatic heterocycles. The van der Waals surface area contributed by atoms with Crippen molar-refractivity contribution in [1.82, 2.24) is 5.27 Å². The molecular weight excluding hydrogens is 175 g/mol. The predicted molar refractivity (Wildman–Crippen MR) is 40.8 cm³/mol. The van der Waals surface area contributed by atoms with E-state index >= 15 is 0 Å². The Kier molecular flexibility index (Phi) is 1.70. The van der Waals surface area contributed by atoms with Gasteiger partial charge in [0.05, 0.1) is 0 Å². The van der Waals surface area contributed by atoms with Crippen LogP contribution in [0.1, 0.15) is 0 Å². The molecule has 66 valence electrons. The van der Waals surface area contributed by atoms with E-state index in [1.807, 2.05) is 0 Å². The number of halogens is 1. The standard InChI is InChI=1S/C8H5FN2O2/c9-6-2-1-3-7(4-6)11-5-8(12)13-10-11/h1-5H/p+1. The Hall–Kier alpha value is -1.91. The topological polar surface area (TPSA) is 49.9 Å². The molecule has 0 atom stereocenters. The van der Waals surface area contributed by atoms with E-state index in [2.05, 4.69) is 9.79 Å². The van der Waals surface area contributed by atoms with Crippen LogP contribution in [0.5, 0.6) is 0 Å². The molecule has 4 nitrogen and oxygen atoms in total. The summed E-state index contributed by atoms with van der Waals surface area (Å²) in [6.07, 6.45) is 1.19. The SMILES string of the molecule is O=c1c[n+](-c2cccc(F)c2)[nH]o1. The maximum atomic E-state index is 12.7. The van der Waals surface area contributed by atoms with Crippen molar-refractivity contribution in [3.8, 4) is 5.69 Å². The van der Waals surface area contributed by atoms with Crippen LogP contribution in [0.3, 0.4) is 0 Å². The Morgan fingerprint density at radius 1 is 1.46 bits per heavy atom. The minimum Gasteiger partial charge on any atom is -0.283 e. The highest BCUT2D eigenvalue weighted by Crippen LogP contribution is 2.00. The highest BCUT2D eigenvalue weighted by molar-refractivity contribution is 5.21. The minimum absolute atomic E-state index is 0.368. The highest BCUT2D eigenvalue weighted by atomic mass is 19.1. The molecule has 0 radical (unpaired) electrons. The van der Waals surface area contributed by atoms with E-state index in [1.54, 1.807) is 12.1 Å². The first-order valence-electron chi connectivity index (χ1n) is 3.62. The third-order valence-corrected chi connectivity index (χ3v) is 1.57. The quantitative estimate of drug-likeness (QED) is 0.647. The Balaban J connectivity index is 2.52. The van der Waals surface area contributed by atoms with Gasteiger partial charge in [0.15, 0.2) is 0 Å². The van der Waals surface area contributed by atoms with Crippen molar-refractivity contribution in [3.05, 3.63) is 46.7 Å². The largest absolute Gasteiger partial charge is 0.427 e. The van der Waals surface area contributed by atoms with E-state index < -0.39 is 5.63 Å². The molecule has 0 saturated carbocycles. The van der Waals surface area contributed by atoms with Crippen molar-refractivity contribution in [2.75, 3.05) is 0 Å². The summed E-state index contributed by atoms with van der Waals surface area (Å²) in [5.74, 6) is -0.368. The van der Waals surface area contributed by atoms with E-state index in [-0.39, 0.29) is 5.82 Å². The summed E-state index contributed by atoms with van der Waals surface area (Å²) in [5, 5.41) is 2.31. The van der Waals surface area contributed by atoms with Crippen molar-refractivity contribution in [2.45, 2.75) is 0 Å². The molecule has 0 spiro atoms. The first-order valence-corrected chi connectivity index (χ1v) is 3.62. The van der Waals surface area contributed by atoms with Gasteiger partial charge in [-0.1, -0.05) is 6.07 Å². The van der Waals surface area contributed by atoms with Gasteiger partial charge in [-0.25, -0.2) is 9.18 Å². The summed E-state index contributed by atoms with van der Waals surface area (Å²) in [5.41, 5.74) is -0.00453. The van der Waals surface area contributed by atoms with Crippen LogP contribution in [0.15, 0.2) is 39.8 Å². The van der Waals surface area contributed by atoms with Crippen LogP contribution in [0, 0.1) is 5.82 Å². The monoisotopic (exact) mass is 181 g/mol. The zero-order chi connectivity index (χ0) is 9.26. The molecule has 2 aromatic rings. The van der Waals surface area contributed by atoms with Crippen molar-refractivity contribution in [1.29, 1.82) is 0 Å². The molecule has 1 aromatic carbocycles. The van der Waals surface area contributed by atoms with Gasteiger partial charge in [-0.05, 0) is 16.0 Å². The first-order chi connectivity index (χ1) is 6.25. The fourth-order valence-corrected chi connectivity index (χ4v) is 1.01. The number of aromatic amines is 1.